The highest BCUT2D eigenvalue weighted by molar-refractivity contribution is 6.33. The number of hydrogen-bond acceptors (Lipinski definition) is 4. The molecule has 260 valence electrons. The molecule has 0 aliphatic heterocycles. The van der Waals surface area contributed by atoms with Gasteiger partial charge in [0.2, 0.25) is 5.95 Å². The minimum absolute atomic E-state index is 0.549. The first-order chi connectivity index (χ1) is 27.8. The Balaban J connectivity index is 1.28. The Kier molecular flexibility index (Phi) is 6.56. The van der Waals surface area contributed by atoms with Crippen molar-refractivity contribution < 1.29 is 4.42 Å². The molecule has 0 amide bonds. The van der Waals surface area contributed by atoms with Crippen LogP contribution in [0, 0.1) is 0 Å². The lowest BCUT2D eigenvalue weighted by Crippen LogP contribution is -2.07. The lowest BCUT2D eigenvalue weighted by atomic mass is 9.95. The average molecular weight is 715 g/mol. The molecular formula is C51H30N4O. The predicted octanol–water partition coefficient (Wildman–Crippen LogP) is 13.3. The van der Waals surface area contributed by atoms with Gasteiger partial charge in [0.15, 0.2) is 11.6 Å². The lowest BCUT2D eigenvalue weighted by molar-refractivity contribution is 0.670. The molecule has 0 bridgehead atoms. The molecule has 0 radical (unpaired) electrons. The molecular weight excluding hydrogens is 685 g/mol. The van der Waals surface area contributed by atoms with Crippen LogP contribution < -0.4 is 0 Å². The SMILES string of the molecule is c1ccc(-c2nc(-c3ccccc3)nc(-n3c4c(-c5cccc6c5oc5ccc7ccccc7c56)cccc4c4c5ccccc5c5ccccc5c43)n2)cc1. The highest BCUT2D eigenvalue weighted by Gasteiger charge is 2.25. The van der Waals surface area contributed by atoms with Gasteiger partial charge in [-0.3, -0.25) is 4.57 Å². The highest BCUT2D eigenvalue weighted by Crippen LogP contribution is 2.47. The fourth-order valence-corrected chi connectivity index (χ4v) is 8.82. The van der Waals surface area contributed by atoms with Crippen molar-refractivity contribution in [1.29, 1.82) is 0 Å². The van der Waals surface area contributed by atoms with Gasteiger partial charge in [-0.05, 0) is 33.0 Å². The van der Waals surface area contributed by atoms with Crippen LogP contribution in [0.25, 0.3) is 116 Å². The van der Waals surface area contributed by atoms with E-state index >= 15 is 0 Å². The van der Waals surface area contributed by atoms with Gasteiger partial charge in [0.05, 0.1) is 11.0 Å². The molecule has 0 unspecified atom stereocenters. The smallest absolute Gasteiger partial charge is 0.238 e. The van der Waals surface area contributed by atoms with Crippen molar-refractivity contribution in [3.63, 3.8) is 0 Å². The number of furan rings is 1. The summed E-state index contributed by atoms with van der Waals surface area (Å²) >= 11 is 0. The second-order valence-corrected chi connectivity index (χ2v) is 14.3. The van der Waals surface area contributed by atoms with E-state index in [0.717, 1.165) is 71.4 Å². The van der Waals surface area contributed by atoms with E-state index in [4.69, 9.17) is 19.4 Å². The van der Waals surface area contributed by atoms with Gasteiger partial charge in [0.1, 0.15) is 11.2 Å². The molecule has 5 heteroatoms. The third-order valence-corrected chi connectivity index (χ3v) is 11.2. The van der Waals surface area contributed by atoms with Crippen LogP contribution in [0.15, 0.2) is 186 Å². The molecule has 3 aromatic heterocycles. The standard InChI is InChI=1S/C51H30N4O/c1-3-16-32(17-4-1)49-52-50(33-18-5-2-6-19-33)54-51(53-49)55-46-39(40-26-14-28-42-44-34-20-8-7-15-31(34)29-30-43(44)56-48(40)42)25-13-27-41(46)45-37-23-11-9-21-35(37)36-22-10-12-24-38(36)47(45)55/h1-30H. The number of aromatic nitrogens is 4. The quantitative estimate of drug-likeness (QED) is 0.170. The van der Waals surface area contributed by atoms with Gasteiger partial charge in [-0.25, -0.2) is 4.98 Å². The Morgan fingerprint density at radius 1 is 0.357 bits per heavy atom. The van der Waals surface area contributed by atoms with E-state index in [1.165, 1.54) is 26.9 Å². The zero-order valence-electron chi connectivity index (χ0n) is 30.0. The monoisotopic (exact) mass is 714 g/mol. The first-order valence-electron chi connectivity index (χ1n) is 18.9. The van der Waals surface area contributed by atoms with Crippen LogP contribution in [0.2, 0.25) is 0 Å². The normalized spacial score (nSPS) is 11.9. The molecule has 5 nitrogen and oxygen atoms in total. The minimum atomic E-state index is 0.549. The van der Waals surface area contributed by atoms with Gasteiger partial charge in [-0.15, -0.1) is 0 Å². The van der Waals surface area contributed by atoms with Gasteiger partial charge in [-0.1, -0.05) is 176 Å². The number of rotatable bonds is 4. The average Bonchev–Trinajstić information content (AvgIpc) is 3.84. The van der Waals surface area contributed by atoms with E-state index in [1.54, 1.807) is 0 Å². The third kappa shape index (κ3) is 4.46. The molecule has 0 saturated heterocycles. The summed E-state index contributed by atoms with van der Waals surface area (Å²) in [5.41, 5.74) is 7.65. The van der Waals surface area contributed by atoms with Crippen molar-refractivity contribution >= 4 is 76.1 Å². The summed E-state index contributed by atoms with van der Waals surface area (Å²) < 4.78 is 9.14. The van der Waals surface area contributed by atoms with E-state index in [0.29, 0.717) is 17.6 Å². The van der Waals surface area contributed by atoms with Crippen LogP contribution in [-0.2, 0) is 0 Å². The molecule has 0 aliphatic rings. The molecule has 0 spiro atoms. The number of para-hydroxylation sites is 2. The lowest BCUT2D eigenvalue weighted by Gasteiger charge is -2.14. The molecule has 56 heavy (non-hydrogen) atoms. The molecule has 0 N–H and O–H groups in total. The van der Waals surface area contributed by atoms with Gasteiger partial charge >= 0.3 is 0 Å². The maximum Gasteiger partial charge on any atom is 0.238 e. The topological polar surface area (TPSA) is 56.7 Å². The van der Waals surface area contributed by atoms with Gasteiger partial charge in [0.25, 0.3) is 0 Å². The molecule has 12 rings (SSSR count). The fourth-order valence-electron chi connectivity index (χ4n) is 8.82. The minimum Gasteiger partial charge on any atom is -0.455 e. The first-order valence-corrected chi connectivity index (χ1v) is 18.9. The Morgan fingerprint density at radius 2 is 0.911 bits per heavy atom. The summed E-state index contributed by atoms with van der Waals surface area (Å²) in [4.78, 5) is 15.8. The van der Waals surface area contributed by atoms with E-state index < -0.39 is 0 Å². The molecule has 3 heterocycles. The van der Waals surface area contributed by atoms with Crippen LogP contribution >= 0.6 is 0 Å². The van der Waals surface area contributed by atoms with Crippen molar-refractivity contribution in [2.24, 2.45) is 0 Å². The molecule has 12 aromatic rings. The summed E-state index contributed by atoms with van der Waals surface area (Å²) in [7, 11) is 0. The molecule has 0 atom stereocenters. The number of benzene rings is 9. The van der Waals surface area contributed by atoms with Gasteiger partial charge in [-0.2, -0.15) is 9.97 Å². The number of hydrogen-bond donors (Lipinski definition) is 0. The van der Waals surface area contributed by atoms with Crippen molar-refractivity contribution in [2.45, 2.75) is 0 Å². The molecule has 0 saturated carbocycles. The largest absolute Gasteiger partial charge is 0.455 e. The summed E-state index contributed by atoms with van der Waals surface area (Å²) in [6, 6.07) is 63.6. The van der Waals surface area contributed by atoms with Crippen molar-refractivity contribution in [2.75, 3.05) is 0 Å². The first kappa shape index (κ1) is 30.8. The maximum absolute atomic E-state index is 6.86. The van der Waals surface area contributed by atoms with E-state index in [1.807, 2.05) is 36.4 Å². The van der Waals surface area contributed by atoms with Crippen molar-refractivity contribution in [1.82, 2.24) is 19.5 Å². The van der Waals surface area contributed by atoms with Gasteiger partial charge in [0, 0.05) is 49.2 Å². The van der Waals surface area contributed by atoms with Crippen LogP contribution in [0.3, 0.4) is 0 Å². The molecule has 0 fully saturated rings. The Hall–Kier alpha value is -7.63. The second-order valence-electron chi connectivity index (χ2n) is 14.3. The summed E-state index contributed by atoms with van der Waals surface area (Å²) in [5.74, 6) is 1.77. The molecule has 9 aromatic carbocycles. The summed E-state index contributed by atoms with van der Waals surface area (Å²) in [6.07, 6.45) is 0. The third-order valence-electron chi connectivity index (χ3n) is 11.2. The van der Waals surface area contributed by atoms with Crippen LogP contribution in [0.1, 0.15) is 0 Å². The van der Waals surface area contributed by atoms with E-state index in [2.05, 4.69) is 150 Å². The van der Waals surface area contributed by atoms with Crippen LogP contribution in [0.5, 0.6) is 0 Å². The number of fused-ring (bicyclic) bond motifs is 13. The Morgan fingerprint density at radius 3 is 1.62 bits per heavy atom. The van der Waals surface area contributed by atoms with Crippen molar-refractivity contribution in [3.8, 4) is 39.9 Å². The van der Waals surface area contributed by atoms with E-state index in [9.17, 15) is 0 Å². The Bertz CT molecular complexity index is 3470. The van der Waals surface area contributed by atoms with Crippen LogP contribution in [-0.4, -0.2) is 19.5 Å². The zero-order chi connectivity index (χ0) is 36.7. The number of nitrogens with zero attached hydrogens (tertiary/aromatic N) is 4. The maximum atomic E-state index is 6.86. The van der Waals surface area contributed by atoms with E-state index in [-0.39, 0.29) is 0 Å². The second kappa shape index (κ2) is 11.9. The van der Waals surface area contributed by atoms with Gasteiger partial charge < -0.3 is 4.42 Å². The molecule has 0 aliphatic carbocycles. The fraction of sp³-hybridized carbons (Fsp3) is 0. The Labute approximate surface area is 320 Å². The zero-order valence-corrected chi connectivity index (χ0v) is 30.0. The summed E-state index contributed by atoms with van der Waals surface area (Å²) in [6.45, 7) is 0. The van der Waals surface area contributed by atoms with Crippen LogP contribution in [0.4, 0.5) is 0 Å². The van der Waals surface area contributed by atoms with Crippen molar-refractivity contribution in [3.05, 3.63) is 182 Å². The highest BCUT2D eigenvalue weighted by atomic mass is 16.3. The predicted molar refractivity (Wildman–Crippen MR) is 230 cm³/mol. The summed E-state index contributed by atoms with van der Waals surface area (Å²) in [5, 5.41) is 11.5.